The smallest absolute Gasteiger partial charge is 0.434 e. The molecule has 0 bridgehead atoms. The molecule has 9 nitrogen and oxygen atoms in total. The Balaban J connectivity index is 1.65. The number of H-pyrrole nitrogens is 1. The number of likely N-dealkylation sites (tertiary alicyclic amines) is 1. The van der Waals surface area contributed by atoms with Crippen LogP contribution in [0.5, 0.6) is 5.75 Å². The molecule has 1 atom stereocenters. The number of amides is 1. The lowest BCUT2D eigenvalue weighted by Gasteiger charge is -2.31. The lowest BCUT2D eigenvalue weighted by Crippen LogP contribution is -2.39. The van der Waals surface area contributed by atoms with Gasteiger partial charge in [-0.1, -0.05) is 0 Å². The molecule has 132 valence electrons. The highest BCUT2D eigenvalue weighted by atomic mass is 16.5. The van der Waals surface area contributed by atoms with Gasteiger partial charge in [0.25, 0.3) is 5.91 Å². The van der Waals surface area contributed by atoms with Crippen LogP contribution < -0.4 is 10.5 Å². The maximum Gasteiger partial charge on any atom is 0.434 e. The molecule has 1 saturated heterocycles. The highest BCUT2D eigenvalue weighted by Crippen LogP contribution is 2.26. The van der Waals surface area contributed by atoms with E-state index in [1.807, 2.05) is 0 Å². The number of aliphatic carboxylic acids is 1. The third kappa shape index (κ3) is 4.06. The summed E-state index contributed by atoms with van der Waals surface area (Å²) in [5.74, 6) is -1.23. The number of carboxylic acids is 1. The number of aromatic nitrogens is 2. The number of rotatable bonds is 5. The summed E-state index contributed by atoms with van der Waals surface area (Å²) >= 11 is 0. The Morgan fingerprint density at radius 2 is 2.12 bits per heavy atom. The standard InChI is InChI=1S/C16H17N3O6/c20-13(21)9-24-12-5-3-10(4-6-12)15(22)19-7-1-2-11(8-19)14-17-18-16(23)25-14/h3-6,11H,1-2,7-9H2,(H,18,23)(H,20,21). The van der Waals surface area contributed by atoms with Gasteiger partial charge in [-0.25, -0.2) is 14.7 Å². The van der Waals surface area contributed by atoms with Gasteiger partial charge in [0, 0.05) is 18.7 Å². The van der Waals surface area contributed by atoms with Crippen LogP contribution in [0.25, 0.3) is 0 Å². The minimum Gasteiger partial charge on any atom is -0.482 e. The van der Waals surface area contributed by atoms with Crippen molar-refractivity contribution in [1.82, 2.24) is 15.1 Å². The maximum absolute atomic E-state index is 12.6. The van der Waals surface area contributed by atoms with E-state index in [1.54, 1.807) is 29.2 Å². The molecule has 2 aromatic rings. The first-order valence-electron chi connectivity index (χ1n) is 7.82. The van der Waals surface area contributed by atoms with Crippen LogP contribution in [-0.4, -0.2) is 51.8 Å². The largest absolute Gasteiger partial charge is 0.482 e. The molecule has 2 N–H and O–H groups in total. The van der Waals surface area contributed by atoms with Gasteiger partial charge >= 0.3 is 11.7 Å². The normalized spacial score (nSPS) is 17.3. The van der Waals surface area contributed by atoms with Crippen LogP contribution in [0, 0.1) is 0 Å². The van der Waals surface area contributed by atoms with Crippen molar-refractivity contribution in [3.05, 3.63) is 46.3 Å². The van der Waals surface area contributed by atoms with E-state index in [0.717, 1.165) is 12.8 Å². The number of ether oxygens (including phenoxy) is 1. The van der Waals surface area contributed by atoms with Crippen molar-refractivity contribution in [3.63, 3.8) is 0 Å². The van der Waals surface area contributed by atoms with Gasteiger partial charge in [0.2, 0.25) is 5.89 Å². The second kappa shape index (κ2) is 7.20. The third-order valence-electron chi connectivity index (χ3n) is 3.98. The zero-order valence-corrected chi connectivity index (χ0v) is 13.3. The van der Waals surface area contributed by atoms with Crippen LogP contribution in [-0.2, 0) is 4.79 Å². The topological polar surface area (TPSA) is 126 Å². The Hall–Kier alpha value is -3.10. The molecule has 25 heavy (non-hydrogen) atoms. The van der Waals surface area contributed by atoms with Crippen LogP contribution in [0.1, 0.15) is 35.0 Å². The van der Waals surface area contributed by atoms with E-state index in [1.165, 1.54) is 0 Å². The zero-order valence-electron chi connectivity index (χ0n) is 13.3. The van der Waals surface area contributed by atoms with Gasteiger partial charge in [-0.3, -0.25) is 4.79 Å². The lowest BCUT2D eigenvalue weighted by atomic mass is 9.97. The number of nitrogens with one attached hydrogen (secondary N) is 1. The van der Waals surface area contributed by atoms with E-state index >= 15 is 0 Å². The second-order valence-corrected chi connectivity index (χ2v) is 5.75. The molecule has 9 heteroatoms. The molecule has 1 amide bonds. The number of piperidine rings is 1. The number of benzene rings is 1. The van der Waals surface area contributed by atoms with E-state index in [0.29, 0.717) is 30.3 Å². The van der Waals surface area contributed by atoms with Crippen LogP contribution in [0.15, 0.2) is 33.5 Å². The quantitative estimate of drug-likeness (QED) is 0.821. The van der Waals surface area contributed by atoms with Crippen molar-refractivity contribution in [2.45, 2.75) is 18.8 Å². The van der Waals surface area contributed by atoms with Crippen LogP contribution in [0.3, 0.4) is 0 Å². The Morgan fingerprint density at radius 3 is 2.76 bits per heavy atom. The van der Waals surface area contributed by atoms with Gasteiger partial charge in [-0.15, -0.1) is 5.10 Å². The summed E-state index contributed by atoms with van der Waals surface area (Å²) in [5.41, 5.74) is 0.479. The molecular weight excluding hydrogens is 330 g/mol. The Labute approximate surface area is 142 Å². The van der Waals surface area contributed by atoms with Crippen LogP contribution in [0.4, 0.5) is 0 Å². The van der Waals surface area contributed by atoms with Crippen molar-refractivity contribution in [1.29, 1.82) is 0 Å². The summed E-state index contributed by atoms with van der Waals surface area (Å²) in [6.45, 7) is 0.598. The van der Waals surface area contributed by atoms with Gasteiger partial charge in [0.05, 0.1) is 5.92 Å². The number of nitrogens with zero attached hydrogens (tertiary/aromatic N) is 2. The second-order valence-electron chi connectivity index (χ2n) is 5.75. The molecule has 0 aliphatic carbocycles. The fourth-order valence-electron chi connectivity index (χ4n) is 2.80. The van der Waals surface area contributed by atoms with Crippen molar-refractivity contribution in [3.8, 4) is 5.75 Å². The minimum absolute atomic E-state index is 0.116. The Morgan fingerprint density at radius 1 is 1.36 bits per heavy atom. The molecule has 1 aromatic carbocycles. The number of hydrogen-bond donors (Lipinski definition) is 2. The first kappa shape index (κ1) is 16.7. The summed E-state index contributed by atoms with van der Waals surface area (Å²) in [4.78, 5) is 35.9. The molecule has 0 saturated carbocycles. The van der Waals surface area contributed by atoms with E-state index < -0.39 is 18.3 Å². The number of carbonyl (C=O) groups is 2. The van der Waals surface area contributed by atoms with E-state index in [-0.39, 0.29) is 11.8 Å². The monoisotopic (exact) mass is 347 g/mol. The molecule has 2 heterocycles. The first-order valence-corrected chi connectivity index (χ1v) is 7.82. The fourth-order valence-corrected chi connectivity index (χ4v) is 2.80. The summed E-state index contributed by atoms with van der Waals surface area (Å²) in [5, 5.41) is 14.7. The van der Waals surface area contributed by atoms with Gasteiger partial charge in [-0.2, -0.15) is 0 Å². The van der Waals surface area contributed by atoms with Gasteiger partial charge in [0.15, 0.2) is 6.61 Å². The van der Waals surface area contributed by atoms with E-state index in [2.05, 4.69) is 10.2 Å². The molecule has 1 aliphatic rings. The minimum atomic E-state index is -1.07. The summed E-state index contributed by atoms with van der Waals surface area (Å²) in [6, 6.07) is 6.31. The van der Waals surface area contributed by atoms with Crippen LogP contribution in [0.2, 0.25) is 0 Å². The molecule has 1 aliphatic heterocycles. The van der Waals surface area contributed by atoms with Crippen molar-refractivity contribution >= 4 is 11.9 Å². The first-order chi connectivity index (χ1) is 12.0. The average Bonchev–Trinajstić information content (AvgIpc) is 3.06. The Kier molecular flexibility index (Phi) is 4.82. The molecule has 3 rings (SSSR count). The average molecular weight is 347 g/mol. The summed E-state index contributed by atoms with van der Waals surface area (Å²) in [7, 11) is 0. The highest BCUT2D eigenvalue weighted by molar-refractivity contribution is 5.94. The highest BCUT2D eigenvalue weighted by Gasteiger charge is 2.28. The predicted molar refractivity (Wildman–Crippen MR) is 84.6 cm³/mol. The molecule has 1 fully saturated rings. The number of aromatic amines is 1. The third-order valence-corrected chi connectivity index (χ3v) is 3.98. The van der Waals surface area contributed by atoms with Crippen molar-refractivity contribution < 1.29 is 23.8 Å². The van der Waals surface area contributed by atoms with E-state index in [9.17, 15) is 14.4 Å². The summed E-state index contributed by atoms with van der Waals surface area (Å²) in [6.07, 6.45) is 1.58. The maximum atomic E-state index is 12.6. The van der Waals surface area contributed by atoms with Crippen molar-refractivity contribution in [2.75, 3.05) is 19.7 Å². The SMILES string of the molecule is O=C(O)COc1ccc(C(=O)N2CCCC(c3n[nH]c(=O)o3)C2)cc1. The van der Waals surface area contributed by atoms with Crippen LogP contribution >= 0.6 is 0 Å². The van der Waals surface area contributed by atoms with Gasteiger partial charge in [0.1, 0.15) is 5.75 Å². The molecule has 1 unspecified atom stereocenters. The Bertz CT molecular complexity index is 810. The number of hydrogen-bond acceptors (Lipinski definition) is 6. The zero-order chi connectivity index (χ0) is 17.8. The van der Waals surface area contributed by atoms with Gasteiger partial charge < -0.3 is 19.2 Å². The molecule has 0 spiro atoms. The summed E-state index contributed by atoms with van der Waals surface area (Å²) < 4.78 is 10.0. The molecule has 1 aromatic heterocycles. The number of carbonyl (C=O) groups excluding carboxylic acids is 1. The van der Waals surface area contributed by atoms with Crippen molar-refractivity contribution in [2.24, 2.45) is 0 Å². The fraction of sp³-hybridized carbons (Fsp3) is 0.375. The molecule has 0 radical (unpaired) electrons. The number of carboxylic acid groups (broad SMARTS) is 1. The predicted octanol–water partition coefficient (Wildman–Crippen LogP) is 0.846. The lowest BCUT2D eigenvalue weighted by molar-refractivity contribution is -0.139. The van der Waals surface area contributed by atoms with Gasteiger partial charge in [-0.05, 0) is 37.1 Å². The van der Waals surface area contributed by atoms with E-state index in [4.69, 9.17) is 14.3 Å². The molecular formula is C16H17N3O6.